The summed E-state index contributed by atoms with van der Waals surface area (Å²) in [6.45, 7) is 4.84. The lowest BCUT2D eigenvalue weighted by atomic mass is 10.2. The van der Waals surface area contributed by atoms with Gasteiger partial charge in [0, 0.05) is 18.3 Å². The van der Waals surface area contributed by atoms with Crippen LogP contribution in [0.1, 0.15) is 19.0 Å². The van der Waals surface area contributed by atoms with Gasteiger partial charge in [-0.05, 0) is 25.5 Å². The second kappa shape index (κ2) is 4.82. The minimum atomic E-state index is 0.210. The molecular weight excluding hydrogens is 162 g/mol. The molecule has 0 amide bonds. The second-order valence-electron chi connectivity index (χ2n) is 3.21. The van der Waals surface area contributed by atoms with Crippen LogP contribution in [0, 0.1) is 6.92 Å². The Morgan fingerprint density at radius 3 is 2.92 bits per heavy atom. The molecule has 0 radical (unpaired) electrons. The molecule has 3 heteroatoms. The lowest BCUT2D eigenvalue weighted by Crippen LogP contribution is -2.28. The van der Waals surface area contributed by atoms with E-state index in [0.717, 1.165) is 24.5 Å². The molecule has 1 aromatic rings. The van der Waals surface area contributed by atoms with Gasteiger partial charge in [0.05, 0.1) is 0 Å². The quantitative estimate of drug-likeness (QED) is 0.737. The molecule has 1 heterocycles. The molecule has 1 unspecified atom stereocenters. The summed E-state index contributed by atoms with van der Waals surface area (Å²) in [5, 5.41) is 3.20. The van der Waals surface area contributed by atoms with Crippen LogP contribution in [0.4, 0.5) is 5.82 Å². The van der Waals surface area contributed by atoms with E-state index >= 15 is 0 Å². The lowest BCUT2D eigenvalue weighted by molar-refractivity contribution is 0.678. The highest BCUT2D eigenvalue weighted by molar-refractivity contribution is 5.35. The lowest BCUT2D eigenvalue weighted by Gasteiger charge is -2.10. The van der Waals surface area contributed by atoms with Crippen LogP contribution in [0.2, 0.25) is 0 Å². The number of nitrogens with two attached hydrogens (primary N) is 1. The van der Waals surface area contributed by atoms with E-state index in [0.29, 0.717) is 0 Å². The van der Waals surface area contributed by atoms with Crippen molar-refractivity contribution in [2.24, 2.45) is 5.73 Å². The van der Waals surface area contributed by atoms with Gasteiger partial charge in [-0.15, -0.1) is 0 Å². The molecule has 1 atom stereocenters. The Morgan fingerprint density at radius 2 is 2.31 bits per heavy atom. The van der Waals surface area contributed by atoms with E-state index in [1.807, 2.05) is 25.1 Å². The molecule has 1 aromatic heterocycles. The first kappa shape index (κ1) is 9.99. The Morgan fingerprint density at radius 1 is 1.54 bits per heavy atom. The van der Waals surface area contributed by atoms with Gasteiger partial charge >= 0.3 is 0 Å². The zero-order valence-electron chi connectivity index (χ0n) is 8.25. The predicted molar refractivity (Wildman–Crippen MR) is 55.7 cm³/mol. The predicted octanol–water partition coefficient (Wildman–Crippen LogP) is 1.54. The Labute approximate surface area is 79.4 Å². The summed E-state index contributed by atoms with van der Waals surface area (Å²) in [6.07, 6.45) is 0.985. The smallest absolute Gasteiger partial charge is 0.126 e. The normalized spacial score (nSPS) is 12.5. The van der Waals surface area contributed by atoms with E-state index in [1.54, 1.807) is 0 Å². The van der Waals surface area contributed by atoms with Gasteiger partial charge in [-0.3, -0.25) is 0 Å². The second-order valence-corrected chi connectivity index (χ2v) is 3.21. The third kappa shape index (κ3) is 3.42. The molecule has 0 aliphatic carbocycles. The number of hydrogen-bond acceptors (Lipinski definition) is 3. The molecule has 13 heavy (non-hydrogen) atoms. The van der Waals surface area contributed by atoms with E-state index in [-0.39, 0.29) is 6.04 Å². The van der Waals surface area contributed by atoms with Crippen LogP contribution in [0.5, 0.6) is 0 Å². The topological polar surface area (TPSA) is 50.9 Å². The zero-order valence-corrected chi connectivity index (χ0v) is 8.25. The van der Waals surface area contributed by atoms with Crippen LogP contribution in [-0.4, -0.2) is 17.6 Å². The molecule has 0 aliphatic rings. The van der Waals surface area contributed by atoms with Crippen LogP contribution in [-0.2, 0) is 0 Å². The summed E-state index contributed by atoms with van der Waals surface area (Å²) in [5.41, 5.74) is 6.79. The molecule has 3 N–H and O–H groups in total. The fraction of sp³-hybridized carbons (Fsp3) is 0.500. The van der Waals surface area contributed by atoms with Gasteiger partial charge in [0.15, 0.2) is 0 Å². The Kier molecular flexibility index (Phi) is 3.71. The van der Waals surface area contributed by atoms with Gasteiger partial charge in [0.25, 0.3) is 0 Å². The fourth-order valence-electron chi connectivity index (χ4n) is 1.02. The minimum Gasteiger partial charge on any atom is -0.369 e. The van der Waals surface area contributed by atoms with Crippen LogP contribution in [0.15, 0.2) is 18.2 Å². The first-order chi connectivity index (χ1) is 6.22. The number of nitrogens with zero attached hydrogens (tertiary/aromatic N) is 1. The van der Waals surface area contributed by atoms with Crippen molar-refractivity contribution in [3.05, 3.63) is 23.9 Å². The number of anilines is 1. The molecule has 0 bridgehead atoms. The van der Waals surface area contributed by atoms with E-state index in [1.165, 1.54) is 0 Å². The maximum atomic E-state index is 5.77. The number of hydrogen-bond donors (Lipinski definition) is 2. The van der Waals surface area contributed by atoms with E-state index in [4.69, 9.17) is 5.73 Å². The first-order valence-electron chi connectivity index (χ1n) is 4.65. The number of pyridine rings is 1. The SMILES string of the molecule is CCC(N)CNc1cccc(C)n1. The summed E-state index contributed by atoms with van der Waals surface area (Å²) in [4.78, 5) is 4.31. The summed E-state index contributed by atoms with van der Waals surface area (Å²) < 4.78 is 0. The van der Waals surface area contributed by atoms with Crippen LogP contribution >= 0.6 is 0 Å². The van der Waals surface area contributed by atoms with Crippen molar-refractivity contribution >= 4 is 5.82 Å². The summed E-state index contributed by atoms with van der Waals surface area (Å²) in [7, 11) is 0. The van der Waals surface area contributed by atoms with Gasteiger partial charge in [0.2, 0.25) is 0 Å². The highest BCUT2D eigenvalue weighted by Gasteiger charge is 1.98. The Bertz CT molecular complexity index is 260. The zero-order chi connectivity index (χ0) is 9.68. The summed E-state index contributed by atoms with van der Waals surface area (Å²) >= 11 is 0. The van der Waals surface area contributed by atoms with Gasteiger partial charge in [-0.2, -0.15) is 0 Å². The summed E-state index contributed by atoms with van der Waals surface area (Å²) in [6, 6.07) is 6.13. The minimum absolute atomic E-state index is 0.210. The van der Waals surface area contributed by atoms with Crippen molar-refractivity contribution in [1.29, 1.82) is 0 Å². The van der Waals surface area contributed by atoms with Crippen molar-refractivity contribution < 1.29 is 0 Å². The van der Waals surface area contributed by atoms with Crippen molar-refractivity contribution in [2.45, 2.75) is 26.3 Å². The molecule has 0 aliphatic heterocycles. The van der Waals surface area contributed by atoms with Crippen molar-refractivity contribution in [3.8, 4) is 0 Å². The molecule has 0 spiro atoms. The highest BCUT2D eigenvalue weighted by Crippen LogP contribution is 2.03. The van der Waals surface area contributed by atoms with Gasteiger partial charge in [0.1, 0.15) is 5.82 Å². The van der Waals surface area contributed by atoms with Gasteiger partial charge in [-0.1, -0.05) is 13.0 Å². The van der Waals surface area contributed by atoms with Crippen molar-refractivity contribution in [2.75, 3.05) is 11.9 Å². The average Bonchev–Trinajstić information content (AvgIpc) is 2.14. The standard InChI is InChI=1S/C10H17N3/c1-3-9(11)7-12-10-6-4-5-8(2)13-10/h4-6,9H,3,7,11H2,1-2H3,(H,12,13). The fourth-order valence-corrected chi connectivity index (χ4v) is 1.02. The summed E-state index contributed by atoms with van der Waals surface area (Å²) in [5.74, 6) is 0.906. The Balaban J connectivity index is 2.45. The van der Waals surface area contributed by atoms with Gasteiger partial charge < -0.3 is 11.1 Å². The number of nitrogens with one attached hydrogen (secondary N) is 1. The van der Waals surface area contributed by atoms with Crippen molar-refractivity contribution in [1.82, 2.24) is 4.98 Å². The average molecular weight is 179 g/mol. The highest BCUT2D eigenvalue weighted by atomic mass is 15.0. The van der Waals surface area contributed by atoms with Crippen LogP contribution in [0.3, 0.4) is 0 Å². The number of aromatic nitrogens is 1. The molecule has 0 saturated heterocycles. The number of aryl methyl sites for hydroxylation is 1. The number of rotatable bonds is 4. The molecule has 3 nitrogen and oxygen atoms in total. The molecule has 1 rings (SSSR count). The third-order valence-electron chi connectivity index (χ3n) is 1.96. The van der Waals surface area contributed by atoms with E-state index in [2.05, 4.69) is 17.2 Å². The molecule has 72 valence electrons. The molecule has 0 aromatic carbocycles. The molecule has 0 saturated carbocycles. The van der Waals surface area contributed by atoms with Crippen molar-refractivity contribution in [3.63, 3.8) is 0 Å². The molecular formula is C10H17N3. The maximum absolute atomic E-state index is 5.77. The van der Waals surface area contributed by atoms with E-state index in [9.17, 15) is 0 Å². The van der Waals surface area contributed by atoms with Gasteiger partial charge in [-0.25, -0.2) is 4.98 Å². The monoisotopic (exact) mass is 179 g/mol. The molecule has 0 fully saturated rings. The largest absolute Gasteiger partial charge is 0.369 e. The van der Waals surface area contributed by atoms with Crippen LogP contribution in [0.25, 0.3) is 0 Å². The third-order valence-corrected chi connectivity index (χ3v) is 1.96. The Hall–Kier alpha value is -1.09. The van der Waals surface area contributed by atoms with E-state index < -0.39 is 0 Å². The van der Waals surface area contributed by atoms with Crippen LogP contribution < -0.4 is 11.1 Å². The maximum Gasteiger partial charge on any atom is 0.126 e. The first-order valence-corrected chi connectivity index (χ1v) is 4.65.